The summed E-state index contributed by atoms with van der Waals surface area (Å²) in [6.07, 6.45) is 0.140. The first-order chi connectivity index (χ1) is 13.6. The fraction of sp³-hybridized carbons (Fsp3) is 0.421. The fourth-order valence-electron chi connectivity index (χ4n) is 3.74. The highest BCUT2D eigenvalue weighted by Crippen LogP contribution is 2.42. The number of rotatable bonds is 4. The van der Waals surface area contributed by atoms with E-state index in [1.165, 1.54) is 0 Å². The Hall–Kier alpha value is -2.68. The highest BCUT2D eigenvalue weighted by Gasteiger charge is 2.34. The lowest BCUT2D eigenvalue weighted by atomic mass is 9.86. The SMILES string of the molecule is COc1cccc(C2CC(=O)Nc3nc(N4CCSCC4)[nH]c(=O)c32)c1OC. The molecule has 1 aromatic heterocycles. The van der Waals surface area contributed by atoms with Crippen molar-refractivity contribution in [1.82, 2.24) is 9.97 Å². The number of carbonyl (C=O) groups excluding carboxylic acids is 1. The molecule has 1 atom stereocenters. The molecule has 0 saturated carbocycles. The number of carbonyl (C=O) groups is 1. The molecule has 0 spiro atoms. The summed E-state index contributed by atoms with van der Waals surface area (Å²) < 4.78 is 10.9. The molecule has 0 radical (unpaired) electrons. The smallest absolute Gasteiger partial charge is 0.258 e. The second kappa shape index (κ2) is 7.75. The van der Waals surface area contributed by atoms with Crippen molar-refractivity contribution in [2.24, 2.45) is 0 Å². The van der Waals surface area contributed by atoms with Crippen LogP contribution in [0.5, 0.6) is 11.5 Å². The predicted molar refractivity (Wildman–Crippen MR) is 109 cm³/mol. The summed E-state index contributed by atoms with van der Waals surface area (Å²) in [5.41, 5.74) is 0.932. The zero-order valence-electron chi connectivity index (χ0n) is 15.8. The van der Waals surface area contributed by atoms with Crippen molar-refractivity contribution in [2.75, 3.05) is 49.0 Å². The Balaban J connectivity index is 1.82. The molecule has 2 aromatic rings. The number of ether oxygens (including phenoxy) is 2. The minimum Gasteiger partial charge on any atom is -0.493 e. The number of nitrogens with one attached hydrogen (secondary N) is 2. The lowest BCUT2D eigenvalue weighted by molar-refractivity contribution is -0.116. The monoisotopic (exact) mass is 402 g/mol. The molecule has 0 bridgehead atoms. The van der Waals surface area contributed by atoms with Crippen LogP contribution in [0.25, 0.3) is 0 Å². The summed E-state index contributed by atoms with van der Waals surface area (Å²) in [6.45, 7) is 1.63. The number of hydrogen-bond donors (Lipinski definition) is 2. The molecule has 8 nitrogen and oxygen atoms in total. The molecule has 4 rings (SSSR count). The molecule has 148 valence electrons. The molecule has 2 aliphatic heterocycles. The summed E-state index contributed by atoms with van der Waals surface area (Å²) >= 11 is 1.87. The summed E-state index contributed by atoms with van der Waals surface area (Å²) in [5.74, 6) is 3.22. The maximum atomic E-state index is 13.0. The molecule has 0 aliphatic carbocycles. The van der Waals surface area contributed by atoms with Crippen LogP contribution in [0.2, 0.25) is 0 Å². The van der Waals surface area contributed by atoms with Gasteiger partial charge in [0.1, 0.15) is 5.82 Å². The van der Waals surface area contributed by atoms with Gasteiger partial charge in [0.2, 0.25) is 11.9 Å². The van der Waals surface area contributed by atoms with E-state index in [-0.39, 0.29) is 17.9 Å². The van der Waals surface area contributed by atoms with Crippen LogP contribution in [0.4, 0.5) is 11.8 Å². The molecule has 1 unspecified atom stereocenters. The van der Waals surface area contributed by atoms with E-state index in [1.807, 2.05) is 28.8 Å². The van der Waals surface area contributed by atoms with Crippen LogP contribution < -0.4 is 25.2 Å². The van der Waals surface area contributed by atoms with Crippen LogP contribution in [0.1, 0.15) is 23.5 Å². The van der Waals surface area contributed by atoms with Crippen molar-refractivity contribution in [2.45, 2.75) is 12.3 Å². The third-order valence-electron chi connectivity index (χ3n) is 5.06. The van der Waals surface area contributed by atoms with E-state index in [2.05, 4.69) is 15.3 Å². The van der Waals surface area contributed by atoms with Gasteiger partial charge in [0.15, 0.2) is 11.5 Å². The van der Waals surface area contributed by atoms with Crippen LogP contribution in [-0.4, -0.2) is 54.7 Å². The van der Waals surface area contributed by atoms with Crippen molar-refractivity contribution in [3.63, 3.8) is 0 Å². The largest absolute Gasteiger partial charge is 0.493 e. The summed E-state index contributed by atoms with van der Waals surface area (Å²) in [5, 5.41) is 2.77. The zero-order chi connectivity index (χ0) is 19.7. The Morgan fingerprint density at radius 1 is 1.18 bits per heavy atom. The van der Waals surface area contributed by atoms with Gasteiger partial charge in [0.05, 0.1) is 19.8 Å². The van der Waals surface area contributed by atoms with E-state index in [0.717, 1.165) is 30.2 Å². The summed E-state index contributed by atoms with van der Waals surface area (Å²) in [7, 11) is 3.10. The van der Waals surface area contributed by atoms with Crippen molar-refractivity contribution < 1.29 is 14.3 Å². The Morgan fingerprint density at radius 3 is 2.68 bits per heavy atom. The topological polar surface area (TPSA) is 96.5 Å². The number of hydrogen-bond acceptors (Lipinski definition) is 7. The van der Waals surface area contributed by atoms with E-state index in [4.69, 9.17) is 9.47 Å². The van der Waals surface area contributed by atoms with Crippen LogP contribution in [0.3, 0.4) is 0 Å². The van der Waals surface area contributed by atoms with Crippen LogP contribution in [0.15, 0.2) is 23.0 Å². The third kappa shape index (κ3) is 3.30. The third-order valence-corrected chi connectivity index (χ3v) is 6.00. The second-order valence-electron chi connectivity index (χ2n) is 6.64. The number of anilines is 2. The molecule has 2 N–H and O–H groups in total. The van der Waals surface area contributed by atoms with Crippen LogP contribution in [0, 0.1) is 0 Å². The number of nitrogens with zero attached hydrogens (tertiary/aromatic N) is 2. The Morgan fingerprint density at radius 2 is 1.96 bits per heavy atom. The molecule has 1 amide bonds. The number of benzene rings is 1. The highest BCUT2D eigenvalue weighted by molar-refractivity contribution is 7.99. The molecule has 2 aliphatic rings. The lowest BCUT2D eigenvalue weighted by Crippen LogP contribution is -2.37. The standard InChI is InChI=1S/C19H22N4O4S/c1-26-13-5-3-4-11(16(13)27-2)12-10-14(24)20-17-15(12)18(25)22-19(21-17)23-6-8-28-9-7-23/h3-5,12H,6-10H2,1-2H3,(H2,20,21,22,24,25). The predicted octanol–water partition coefficient (Wildman–Crippen LogP) is 1.81. The van der Waals surface area contributed by atoms with Crippen molar-refractivity contribution in [1.29, 1.82) is 0 Å². The van der Waals surface area contributed by atoms with Gasteiger partial charge in [-0.15, -0.1) is 0 Å². The van der Waals surface area contributed by atoms with Gasteiger partial charge in [0.25, 0.3) is 5.56 Å². The first-order valence-corrected chi connectivity index (χ1v) is 10.3. The van der Waals surface area contributed by atoms with E-state index in [0.29, 0.717) is 28.8 Å². The normalized spacial score (nSPS) is 19.0. The van der Waals surface area contributed by atoms with E-state index in [9.17, 15) is 9.59 Å². The van der Waals surface area contributed by atoms with Gasteiger partial charge in [-0.2, -0.15) is 16.7 Å². The Kier molecular flexibility index (Phi) is 5.17. The average Bonchev–Trinajstić information content (AvgIpc) is 2.72. The van der Waals surface area contributed by atoms with Gasteiger partial charge < -0.3 is 19.7 Å². The maximum Gasteiger partial charge on any atom is 0.258 e. The second-order valence-corrected chi connectivity index (χ2v) is 7.86. The number of aromatic nitrogens is 2. The number of fused-ring (bicyclic) bond motifs is 1. The molecule has 28 heavy (non-hydrogen) atoms. The lowest BCUT2D eigenvalue weighted by Gasteiger charge is -2.30. The molecule has 1 aromatic carbocycles. The number of thioether (sulfide) groups is 1. The van der Waals surface area contributed by atoms with E-state index < -0.39 is 5.92 Å². The van der Waals surface area contributed by atoms with Crippen LogP contribution in [-0.2, 0) is 4.79 Å². The number of H-pyrrole nitrogens is 1. The Labute approximate surface area is 166 Å². The van der Waals surface area contributed by atoms with Gasteiger partial charge in [-0.1, -0.05) is 12.1 Å². The van der Waals surface area contributed by atoms with Crippen LogP contribution >= 0.6 is 11.8 Å². The molecular weight excluding hydrogens is 380 g/mol. The minimum absolute atomic E-state index is 0.140. The van der Waals surface area contributed by atoms with Crippen molar-refractivity contribution in [3.8, 4) is 11.5 Å². The van der Waals surface area contributed by atoms with Crippen molar-refractivity contribution >= 4 is 29.4 Å². The molecular formula is C19H22N4O4S. The quantitative estimate of drug-likeness (QED) is 0.805. The first-order valence-electron chi connectivity index (χ1n) is 9.10. The minimum atomic E-state index is -0.462. The first kappa shape index (κ1) is 18.7. The van der Waals surface area contributed by atoms with Gasteiger partial charge in [-0.25, -0.2) is 0 Å². The number of methoxy groups -OCH3 is 2. The van der Waals surface area contributed by atoms with E-state index in [1.54, 1.807) is 20.3 Å². The maximum absolute atomic E-state index is 13.0. The van der Waals surface area contributed by atoms with Crippen molar-refractivity contribution in [3.05, 3.63) is 39.7 Å². The van der Waals surface area contributed by atoms with E-state index >= 15 is 0 Å². The number of para-hydroxylation sites is 1. The van der Waals surface area contributed by atoms with Gasteiger partial charge in [-0.3, -0.25) is 14.6 Å². The molecule has 1 fully saturated rings. The number of aromatic amines is 1. The molecule has 1 saturated heterocycles. The Bertz CT molecular complexity index is 955. The molecule has 3 heterocycles. The molecule has 9 heteroatoms. The average molecular weight is 402 g/mol. The van der Waals surface area contributed by atoms with Gasteiger partial charge in [0, 0.05) is 42.5 Å². The van der Waals surface area contributed by atoms with Gasteiger partial charge >= 0.3 is 0 Å². The summed E-state index contributed by atoms with van der Waals surface area (Å²) in [4.78, 5) is 35.0. The highest BCUT2D eigenvalue weighted by atomic mass is 32.2. The van der Waals surface area contributed by atoms with Gasteiger partial charge in [-0.05, 0) is 6.07 Å². The summed E-state index contributed by atoms with van der Waals surface area (Å²) in [6, 6.07) is 5.46. The fourth-order valence-corrected chi connectivity index (χ4v) is 4.64. The number of amides is 1. The zero-order valence-corrected chi connectivity index (χ0v) is 16.6.